The molecule has 13 heteroatoms. The highest BCUT2D eigenvalue weighted by Gasteiger charge is 2.42. The molecular formula is C30H32ClN9O3. The van der Waals surface area contributed by atoms with Gasteiger partial charge in [0.2, 0.25) is 5.82 Å². The van der Waals surface area contributed by atoms with Gasteiger partial charge in [0.25, 0.3) is 5.79 Å². The van der Waals surface area contributed by atoms with Gasteiger partial charge in [-0.2, -0.15) is 5.21 Å². The van der Waals surface area contributed by atoms with E-state index >= 15 is 0 Å². The predicted molar refractivity (Wildman–Crippen MR) is 159 cm³/mol. The maximum atomic E-state index is 6.47. The van der Waals surface area contributed by atoms with Crippen molar-refractivity contribution in [2.45, 2.75) is 57.6 Å². The van der Waals surface area contributed by atoms with E-state index in [0.29, 0.717) is 34.7 Å². The Morgan fingerprint density at radius 2 is 2.00 bits per heavy atom. The first-order valence-corrected chi connectivity index (χ1v) is 14.7. The van der Waals surface area contributed by atoms with Gasteiger partial charge < -0.3 is 18.8 Å². The number of nitrogens with one attached hydrogen (secondary N) is 1. The van der Waals surface area contributed by atoms with Gasteiger partial charge in [-0.3, -0.25) is 14.9 Å². The number of hydrogen-bond acceptors (Lipinski definition) is 10. The fraction of sp³-hybridized carbons (Fsp3) is 0.400. The number of likely N-dealkylation sites (tertiary alicyclic amines) is 1. The number of halogens is 1. The van der Waals surface area contributed by atoms with Crippen LogP contribution in [0.2, 0.25) is 5.02 Å². The summed E-state index contributed by atoms with van der Waals surface area (Å²) in [4.78, 5) is 16.5. The molecule has 1 fully saturated rings. The molecule has 0 aliphatic carbocycles. The molecule has 6 heterocycles. The summed E-state index contributed by atoms with van der Waals surface area (Å²) >= 11 is 6.06. The average Bonchev–Trinajstić information content (AvgIpc) is 3.75. The van der Waals surface area contributed by atoms with Gasteiger partial charge in [-0.05, 0) is 68.3 Å². The van der Waals surface area contributed by atoms with Crippen LogP contribution >= 0.6 is 11.6 Å². The summed E-state index contributed by atoms with van der Waals surface area (Å²) in [5, 5.41) is 14.8. The summed E-state index contributed by atoms with van der Waals surface area (Å²) in [6.07, 6.45) is 5.46. The van der Waals surface area contributed by atoms with Crippen LogP contribution in [-0.4, -0.2) is 71.3 Å². The molecule has 0 spiro atoms. The molecule has 0 bridgehead atoms. The Labute approximate surface area is 253 Å². The first-order valence-electron chi connectivity index (χ1n) is 14.4. The molecule has 7 rings (SSSR count). The number of aromatic nitrogens is 8. The third kappa shape index (κ3) is 5.30. The van der Waals surface area contributed by atoms with Crippen LogP contribution in [0.1, 0.15) is 49.7 Å². The number of nitrogens with zero attached hydrogens (tertiary/aromatic N) is 8. The molecule has 1 unspecified atom stereocenters. The quantitative estimate of drug-likeness (QED) is 0.267. The lowest BCUT2D eigenvalue weighted by Gasteiger charge is -2.32. The molecule has 1 aromatic carbocycles. The number of aromatic amines is 1. The average molecular weight is 602 g/mol. The van der Waals surface area contributed by atoms with Gasteiger partial charge in [0.15, 0.2) is 11.5 Å². The fourth-order valence-corrected chi connectivity index (χ4v) is 6.05. The van der Waals surface area contributed by atoms with E-state index in [4.69, 9.17) is 30.8 Å². The van der Waals surface area contributed by atoms with E-state index in [1.54, 1.807) is 19.4 Å². The number of hydrogen-bond donors (Lipinski definition) is 1. The van der Waals surface area contributed by atoms with Crippen LogP contribution in [0.15, 0.2) is 48.8 Å². The maximum absolute atomic E-state index is 6.47. The topological polar surface area (TPSA) is 129 Å². The summed E-state index contributed by atoms with van der Waals surface area (Å²) in [5.41, 5.74) is 4.28. The normalized spacial score (nSPS) is 19.7. The number of methoxy groups -OCH3 is 1. The summed E-state index contributed by atoms with van der Waals surface area (Å²) in [6, 6.07) is 11.7. The number of para-hydroxylation sites is 1. The molecule has 0 amide bonds. The van der Waals surface area contributed by atoms with Crippen molar-refractivity contribution in [1.29, 1.82) is 0 Å². The van der Waals surface area contributed by atoms with Crippen molar-refractivity contribution in [2.24, 2.45) is 0 Å². The van der Waals surface area contributed by atoms with E-state index in [9.17, 15) is 0 Å². The van der Waals surface area contributed by atoms with Gasteiger partial charge in [0, 0.05) is 25.8 Å². The molecule has 1 N–H and O–H groups in total. The van der Waals surface area contributed by atoms with Crippen LogP contribution in [0.25, 0.3) is 22.6 Å². The molecule has 1 saturated heterocycles. The van der Waals surface area contributed by atoms with Crippen molar-refractivity contribution < 1.29 is 14.2 Å². The number of piperidine rings is 1. The Morgan fingerprint density at radius 3 is 2.74 bits per heavy atom. The number of H-pyrrole nitrogens is 1. The highest BCUT2D eigenvalue weighted by Crippen LogP contribution is 2.49. The number of tetrazole rings is 1. The first-order chi connectivity index (χ1) is 20.9. The zero-order valence-corrected chi connectivity index (χ0v) is 25.0. The lowest BCUT2D eigenvalue weighted by Crippen LogP contribution is -2.34. The van der Waals surface area contributed by atoms with E-state index in [-0.39, 0.29) is 6.10 Å². The first kappa shape index (κ1) is 27.7. The molecule has 2 aliphatic heterocycles. The van der Waals surface area contributed by atoms with Crippen molar-refractivity contribution in [3.63, 3.8) is 0 Å². The van der Waals surface area contributed by atoms with Crippen LogP contribution < -0.4 is 9.47 Å². The minimum atomic E-state index is -0.999. The molecular weight excluding hydrogens is 570 g/mol. The van der Waals surface area contributed by atoms with Crippen LogP contribution in [-0.2, 0) is 23.6 Å². The number of imidazole rings is 1. The zero-order chi connectivity index (χ0) is 29.6. The Morgan fingerprint density at radius 1 is 1.14 bits per heavy atom. The minimum Gasteiger partial charge on any atom is -0.443 e. The molecule has 222 valence electrons. The van der Waals surface area contributed by atoms with Crippen molar-refractivity contribution >= 4 is 22.6 Å². The van der Waals surface area contributed by atoms with Gasteiger partial charge in [-0.15, -0.1) is 10.2 Å². The SMILES string of the molecule is COC(C)Cn1c(CN2CCC(c3cccc4c3O[C@@](C)(c3ccc(Cl)cn3)O4)CC2)nc2cc(-c3nn[nH]n3)ncc21. The highest BCUT2D eigenvalue weighted by atomic mass is 35.5. The number of pyridine rings is 2. The van der Waals surface area contributed by atoms with Crippen molar-refractivity contribution in [1.82, 2.24) is 45.0 Å². The lowest BCUT2D eigenvalue weighted by atomic mass is 9.88. The Kier molecular flexibility index (Phi) is 7.20. The number of ether oxygens (including phenoxy) is 3. The van der Waals surface area contributed by atoms with Crippen LogP contribution in [0.3, 0.4) is 0 Å². The second-order valence-corrected chi connectivity index (χ2v) is 11.7. The zero-order valence-electron chi connectivity index (χ0n) is 24.2. The van der Waals surface area contributed by atoms with Crippen LogP contribution in [0, 0.1) is 0 Å². The molecule has 2 aliphatic rings. The highest BCUT2D eigenvalue weighted by molar-refractivity contribution is 6.30. The van der Waals surface area contributed by atoms with Crippen molar-refractivity contribution in [2.75, 3.05) is 20.2 Å². The van der Waals surface area contributed by atoms with E-state index in [2.05, 4.69) is 53.0 Å². The summed E-state index contributed by atoms with van der Waals surface area (Å²) in [7, 11) is 1.73. The maximum Gasteiger partial charge on any atom is 0.292 e. The monoisotopic (exact) mass is 601 g/mol. The largest absolute Gasteiger partial charge is 0.443 e. The van der Waals surface area contributed by atoms with E-state index in [1.807, 2.05) is 37.4 Å². The van der Waals surface area contributed by atoms with Gasteiger partial charge >= 0.3 is 0 Å². The second-order valence-electron chi connectivity index (χ2n) is 11.2. The standard InChI is InChI=1S/C30H32ClN9O3/c1-18(41-3)16-40-24-15-32-23(29-35-37-38-36-29)13-22(24)34-27(40)17-39-11-9-19(10-12-39)21-5-4-6-25-28(21)43-30(2,42-25)26-8-7-20(31)14-33-26/h4-8,13-15,18-19H,9-12,16-17H2,1-3H3,(H,35,36,37,38)/t18?,30-/m0/s1. The van der Waals surface area contributed by atoms with Crippen molar-refractivity contribution in [3.05, 3.63) is 70.9 Å². The smallest absolute Gasteiger partial charge is 0.292 e. The fourth-order valence-electron chi connectivity index (χ4n) is 5.94. The number of rotatable bonds is 8. The van der Waals surface area contributed by atoms with E-state index in [1.165, 1.54) is 5.56 Å². The summed E-state index contributed by atoms with van der Waals surface area (Å²) in [6.45, 7) is 7.22. The summed E-state index contributed by atoms with van der Waals surface area (Å²) < 4.78 is 20.6. The Balaban J connectivity index is 1.08. The van der Waals surface area contributed by atoms with Gasteiger partial charge in [-0.25, -0.2) is 4.98 Å². The number of benzene rings is 1. The van der Waals surface area contributed by atoms with Gasteiger partial charge in [0.05, 0.1) is 41.4 Å². The lowest BCUT2D eigenvalue weighted by molar-refractivity contribution is -0.0722. The van der Waals surface area contributed by atoms with Crippen molar-refractivity contribution in [3.8, 4) is 23.0 Å². The molecule has 12 nitrogen and oxygen atoms in total. The van der Waals surface area contributed by atoms with Crippen LogP contribution in [0.5, 0.6) is 11.5 Å². The van der Waals surface area contributed by atoms with E-state index < -0.39 is 5.79 Å². The molecule has 43 heavy (non-hydrogen) atoms. The molecule has 5 aromatic rings. The molecule has 2 atom stereocenters. The number of fused-ring (bicyclic) bond motifs is 2. The molecule has 0 radical (unpaired) electrons. The molecule has 0 saturated carbocycles. The molecule has 4 aromatic heterocycles. The van der Waals surface area contributed by atoms with E-state index in [0.717, 1.165) is 60.8 Å². The third-order valence-electron chi connectivity index (χ3n) is 8.33. The van der Waals surface area contributed by atoms with Gasteiger partial charge in [0.1, 0.15) is 17.2 Å². The predicted octanol–water partition coefficient (Wildman–Crippen LogP) is 4.72. The summed E-state index contributed by atoms with van der Waals surface area (Å²) in [5.74, 6) is 2.32. The minimum absolute atomic E-state index is 0.0231. The van der Waals surface area contributed by atoms with Crippen LogP contribution in [0.4, 0.5) is 0 Å². The second kappa shape index (κ2) is 11.2. The Hall–Kier alpha value is -4.13. The Bertz CT molecular complexity index is 1740. The third-order valence-corrected chi connectivity index (χ3v) is 8.55. The van der Waals surface area contributed by atoms with Gasteiger partial charge in [-0.1, -0.05) is 23.7 Å².